The lowest BCUT2D eigenvalue weighted by atomic mass is 9.91. The molecule has 0 unspecified atom stereocenters. The normalized spacial score (nSPS) is 12.5. The van der Waals surface area contributed by atoms with Crippen molar-refractivity contribution in [2.75, 3.05) is 26.1 Å². The number of hydrogen-bond donors (Lipinski definition) is 1. The molecule has 3 aromatic carbocycles. The van der Waals surface area contributed by atoms with Crippen molar-refractivity contribution in [3.05, 3.63) is 64.5 Å². The zero-order valence-corrected chi connectivity index (χ0v) is 25.6. The molecule has 9 heteroatoms. The first-order valence-electron chi connectivity index (χ1n) is 14.5. The van der Waals surface area contributed by atoms with Crippen molar-refractivity contribution in [2.24, 2.45) is 5.90 Å². The summed E-state index contributed by atoms with van der Waals surface area (Å²) in [5, 5.41) is 1.55. The molecule has 224 valence electrons. The van der Waals surface area contributed by atoms with E-state index >= 15 is 0 Å². The van der Waals surface area contributed by atoms with Crippen molar-refractivity contribution >= 4 is 27.6 Å². The van der Waals surface area contributed by atoms with Crippen LogP contribution >= 0.6 is 0 Å². The van der Waals surface area contributed by atoms with Crippen LogP contribution in [0.5, 0.6) is 23.0 Å². The molecule has 0 saturated heterocycles. The Hall–Kier alpha value is -4.63. The Morgan fingerprint density at radius 3 is 2.19 bits per heavy atom. The number of methoxy groups -OCH3 is 1. The van der Waals surface area contributed by atoms with E-state index in [1.165, 1.54) is 0 Å². The van der Waals surface area contributed by atoms with E-state index in [1.54, 1.807) is 13.2 Å². The largest absolute Gasteiger partial charge is 0.493 e. The maximum atomic E-state index is 13.8. The van der Waals surface area contributed by atoms with E-state index in [-0.39, 0.29) is 12.2 Å². The van der Waals surface area contributed by atoms with Crippen LogP contribution in [0.2, 0.25) is 0 Å². The van der Waals surface area contributed by atoms with Gasteiger partial charge in [0.15, 0.2) is 23.0 Å². The van der Waals surface area contributed by atoms with Gasteiger partial charge in [0.05, 0.1) is 25.0 Å². The number of hydrogen-bond acceptors (Lipinski definition) is 8. The van der Waals surface area contributed by atoms with Crippen LogP contribution in [-0.4, -0.2) is 38.0 Å². The maximum absolute atomic E-state index is 13.8. The predicted octanol–water partition coefficient (Wildman–Crippen LogP) is 6.54. The number of aromatic nitrogens is 1. The number of fused-ring (bicyclic) bond motifs is 7. The molecule has 2 N–H and O–H groups in total. The van der Waals surface area contributed by atoms with Gasteiger partial charge >= 0.3 is 5.63 Å². The fourth-order valence-corrected chi connectivity index (χ4v) is 5.98. The summed E-state index contributed by atoms with van der Waals surface area (Å²) in [4.78, 5) is 21.2. The second-order valence-corrected chi connectivity index (χ2v) is 11.6. The van der Waals surface area contributed by atoms with Gasteiger partial charge in [-0.25, -0.2) is 4.79 Å². The van der Waals surface area contributed by atoms with Gasteiger partial charge in [0, 0.05) is 54.3 Å². The molecule has 0 spiro atoms. The highest BCUT2D eigenvalue weighted by Crippen LogP contribution is 2.49. The van der Waals surface area contributed by atoms with Crippen LogP contribution in [0.1, 0.15) is 33.3 Å². The summed E-state index contributed by atoms with van der Waals surface area (Å²) in [6.45, 7) is 8.39. The zero-order valence-electron chi connectivity index (χ0n) is 25.6. The Kier molecular flexibility index (Phi) is 7.22. The number of ether oxygens (including phenoxy) is 3. The fourth-order valence-electron chi connectivity index (χ4n) is 5.98. The van der Waals surface area contributed by atoms with Crippen LogP contribution in [-0.2, 0) is 13.0 Å². The summed E-state index contributed by atoms with van der Waals surface area (Å²) in [5.41, 5.74) is 6.34. The molecule has 2 aromatic heterocycles. The van der Waals surface area contributed by atoms with Crippen molar-refractivity contribution in [3.8, 4) is 45.4 Å². The quantitative estimate of drug-likeness (QED) is 0.162. The van der Waals surface area contributed by atoms with E-state index < -0.39 is 5.63 Å². The topological polar surface area (TPSA) is 101 Å². The zero-order chi connectivity index (χ0) is 30.6. The molecule has 0 fully saturated rings. The first-order chi connectivity index (χ1) is 20.6. The van der Waals surface area contributed by atoms with Crippen LogP contribution in [0, 0.1) is 0 Å². The molecular formula is C34H37N3O6. The molecule has 0 aliphatic carbocycles. The Bertz CT molecular complexity index is 1900. The van der Waals surface area contributed by atoms with E-state index in [1.807, 2.05) is 60.0 Å². The van der Waals surface area contributed by atoms with E-state index in [2.05, 4.69) is 33.7 Å². The lowest BCUT2D eigenvalue weighted by Gasteiger charge is -2.24. The minimum absolute atomic E-state index is 0.0525. The number of nitrogens with two attached hydrogens (primary N) is 1. The molecule has 5 aromatic rings. The minimum Gasteiger partial charge on any atom is -0.493 e. The lowest BCUT2D eigenvalue weighted by Crippen LogP contribution is -2.16. The van der Waals surface area contributed by atoms with E-state index in [0.717, 1.165) is 44.4 Å². The number of anilines is 1. The Morgan fingerprint density at radius 2 is 1.58 bits per heavy atom. The van der Waals surface area contributed by atoms with E-state index in [4.69, 9.17) is 29.4 Å². The summed E-state index contributed by atoms with van der Waals surface area (Å²) < 4.78 is 25.8. The summed E-state index contributed by atoms with van der Waals surface area (Å²) in [6, 6.07) is 15.9. The minimum atomic E-state index is -0.418. The Labute approximate surface area is 250 Å². The fraction of sp³-hybridized carbons (Fsp3) is 0.324. The molecule has 1 aliphatic rings. The van der Waals surface area contributed by atoms with Gasteiger partial charge in [0.2, 0.25) is 0 Å². The second kappa shape index (κ2) is 10.9. The summed E-state index contributed by atoms with van der Waals surface area (Å²) in [5.74, 6) is 7.83. The van der Waals surface area contributed by atoms with Gasteiger partial charge in [-0.05, 0) is 75.6 Å². The molecule has 0 atom stereocenters. The highest BCUT2D eigenvalue weighted by molar-refractivity contribution is 6.17. The lowest BCUT2D eigenvalue weighted by molar-refractivity contribution is 0.222. The van der Waals surface area contributed by atoms with E-state index in [9.17, 15) is 4.79 Å². The summed E-state index contributed by atoms with van der Waals surface area (Å²) >= 11 is 0. The third kappa shape index (κ3) is 4.83. The average Bonchev–Trinajstić information content (AvgIpc) is 3.32. The van der Waals surface area contributed by atoms with Gasteiger partial charge in [-0.3, -0.25) is 0 Å². The van der Waals surface area contributed by atoms with Crippen molar-refractivity contribution < 1.29 is 23.5 Å². The van der Waals surface area contributed by atoms with Crippen LogP contribution in [0.25, 0.3) is 44.3 Å². The molecule has 0 radical (unpaired) electrons. The molecule has 6 rings (SSSR count). The number of benzene rings is 3. The highest BCUT2D eigenvalue weighted by atomic mass is 16.6. The molecular weight excluding hydrogens is 546 g/mol. The van der Waals surface area contributed by atoms with Crippen molar-refractivity contribution in [1.29, 1.82) is 0 Å². The smallest absolute Gasteiger partial charge is 0.361 e. The van der Waals surface area contributed by atoms with Gasteiger partial charge in [0.25, 0.3) is 0 Å². The highest BCUT2D eigenvalue weighted by Gasteiger charge is 2.31. The molecule has 43 heavy (non-hydrogen) atoms. The van der Waals surface area contributed by atoms with Gasteiger partial charge in [-0.1, -0.05) is 12.1 Å². The monoisotopic (exact) mass is 583 g/mol. The average molecular weight is 584 g/mol. The standard InChI is InChI=1S/C34H37N3O6/c1-18(2)40-27-14-21-12-13-37-32(23(21)15-29(27)43-35)30(20-8-10-22(11-9-20)36(5)6)31-24-16-26(39-7)28(41-19(3)4)17-25(24)42-34(38)33(31)37/h8-11,14-19H,12-13,35H2,1-7H3. The van der Waals surface area contributed by atoms with Crippen LogP contribution in [0.15, 0.2) is 57.7 Å². The van der Waals surface area contributed by atoms with Crippen LogP contribution < -0.4 is 35.5 Å². The van der Waals surface area contributed by atoms with Gasteiger partial charge in [0.1, 0.15) is 11.1 Å². The molecule has 0 saturated carbocycles. The maximum Gasteiger partial charge on any atom is 0.361 e. The first kappa shape index (κ1) is 28.5. The van der Waals surface area contributed by atoms with Crippen LogP contribution in [0.3, 0.4) is 0 Å². The molecule has 0 amide bonds. The van der Waals surface area contributed by atoms with Gasteiger partial charge in [-0.2, -0.15) is 5.90 Å². The van der Waals surface area contributed by atoms with Crippen molar-refractivity contribution in [3.63, 3.8) is 0 Å². The third-order valence-electron chi connectivity index (χ3n) is 7.75. The van der Waals surface area contributed by atoms with Gasteiger partial charge in [-0.15, -0.1) is 0 Å². The molecule has 3 heterocycles. The molecule has 1 aliphatic heterocycles. The third-order valence-corrected chi connectivity index (χ3v) is 7.75. The van der Waals surface area contributed by atoms with E-state index in [0.29, 0.717) is 47.1 Å². The molecule has 9 nitrogen and oxygen atoms in total. The summed E-state index contributed by atoms with van der Waals surface area (Å²) in [7, 11) is 5.62. The number of nitrogens with zero attached hydrogens (tertiary/aromatic N) is 2. The summed E-state index contributed by atoms with van der Waals surface area (Å²) in [6.07, 6.45) is 0.546. The van der Waals surface area contributed by atoms with Gasteiger partial charge < -0.3 is 32.9 Å². The SMILES string of the molecule is COc1cc2c(cc1OC(C)C)oc(=O)c1c2c(-c2ccc(N(C)C)cc2)c2n1CCc1cc(OC(C)C)c(ON)cc1-2. The first-order valence-corrected chi connectivity index (χ1v) is 14.5. The second-order valence-electron chi connectivity index (χ2n) is 11.6. The van der Waals surface area contributed by atoms with Crippen molar-refractivity contribution in [2.45, 2.75) is 52.9 Å². The Balaban J connectivity index is 1.74. The van der Waals surface area contributed by atoms with Crippen LogP contribution in [0.4, 0.5) is 5.69 Å². The number of rotatable bonds is 8. The number of aryl methyl sites for hydroxylation is 2. The Morgan fingerprint density at radius 1 is 0.907 bits per heavy atom. The van der Waals surface area contributed by atoms with Crippen molar-refractivity contribution in [1.82, 2.24) is 4.57 Å². The predicted molar refractivity (Wildman–Crippen MR) is 170 cm³/mol. The molecule has 0 bridgehead atoms.